The van der Waals surface area contributed by atoms with Crippen molar-refractivity contribution in [2.45, 2.75) is 22.8 Å². The molecule has 100 valence electrons. The maximum atomic E-state index is 13.9. The summed E-state index contributed by atoms with van der Waals surface area (Å²) >= 11 is 1.30. The van der Waals surface area contributed by atoms with Gasteiger partial charge in [0, 0.05) is 4.90 Å². The fourth-order valence-electron chi connectivity index (χ4n) is 1.72. The van der Waals surface area contributed by atoms with Gasteiger partial charge >= 0.3 is 0 Å². The second-order valence-electron chi connectivity index (χ2n) is 4.11. The van der Waals surface area contributed by atoms with Crippen molar-refractivity contribution < 1.29 is 14.2 Å². The number of methoxy groups -OCH3 is 1. The van der Waals surface area contributed by atoms with Gasteiger partial charge in [0.25, 0.3) is 0 Å². The zero-order valence-electron chi connectivity index (χ0n) is 10.8. The van der Waals surface area contributed by atoms with Gasteiger partial charge in [-0.3, -0.25) is 0 Å². The molecule has 2 aromatic carbocycles. The molecule has 2 rings (SSSR count). The molecule has 0 saturated heterocycles. The molecule has 19 heavy (non-hydrogen) atoms. The number of halogens is 1. The third-order valence-corrected chi connectivity index (χ3v) is 3.87. The standard InChI is InChI=1S/C15H15FO2S/c1-10(17)13-4-3-5-14(16)15(13)19-12-8-6-11(18-2)7-9-12/h3-10,17H,1-2H3/t10-/m1/s1. The first-order valence-electron chi connectivity index (χ1n) is 5.90. The van der Waals surface area contributed by atoms with Gasteiger partial charge in [-0.05, 0) is 42.8 Å². The van der Waals surface area contributed by atoms with E-state index >= 15 is 0 Å². The number of benzene rings is 2. The minimum Gasteiger partial charge on any atom is -0.497 e. The molecule has 2 nitrogen and oxygen atoms in total. The number of rotatable bonds is 4. The van der Waals surface area contributed by atoms with Gasteiger partial charge in [-0.25, -0.2) is 4.39 Å². The third kappa shape index (κ3) is 3.28. The lowest BCUT2D eigenvalue weighted by atomic mass is 10.1. The van der Waals surface area contributed by atoms with Crippen molar-refractivity contribution in [1.29, 1.82) is 0 Å². The topological polar surface area (TPSA) is 29.5 Å². The molecule has 0 aliphatic heterocycles. The summed E-state index contributed by atoms with van der Waals surface area (Å²) in [5.74, 6) is 0.438. The highest BCUT2D eigenvalue weighted by Gasteiger charge is 2.13. The summed E-state index contributed by atoms with van der Waals surface area (Å²) in [5, 5.41) is 9.69. The Morgan fingerprint density at radius 3 is 2.42 bits per heavy atom. The highest BCUT2D eigenvalue weighted by molar-refractivity contribution is 7.99. The van der Waals surface area contributed by atoms with Crippen molar-refractivity contribution >= 4 is 11.8 Å². The van der Waals surface area contributed by atoms with Crippen molar-refractivity contribution in [3.8, 4) is 5.75 Å². The van der Waals surface area contributed by atoms with Crippen molar-refractivity contribution in [2.24, 2.45) is 0 Å². The van der Waals surface area contributed by atoms with E-state index in [9.17, 15) is 9.50 Å². The van der Waals surface area contributed by atoms with Gasteiger partial charge in [-0.15, -0.1) is 0 Å². The van der Waals surface area contributed by atoms with Crippen LogP contribution in [-0.4, -0.2) is 12.2 Å². The molecule has 0 aliphatic carbocycles. The zero-order chi connectivity index (χ0) is 13.8. The summed E-state index contributed by atoms with van der Waals surface area (Å²) in [5.41, 5.74) is 0.598. The first-order valence-corrected chi connectivity index (χ1v) is 6.72. The fourth-order valence-corrected chi connectivity index (χ4v) is 2.75. The molecule has 0 radical (unpaired) electrons. The van der Waals surface area contributed by atoms with Gasteiger partial charge < -0.3 is 9.84 Å². The largest absolute Gasteiger partial charge is 0.497 e. The Morgan fingerprint density at radius 1 is 1.16 bits per heavy atom. The van der Waals surface area contributed by atoms with Crippen LogP contribution in [0.1, 0.15) is 18.6 Å². The van der Waals surface area contributed by atoms with Gasteiger partial charge in [0.05, 0.1) is 18.1 Å². The summed E-state index contributed by atoms with van der Waals surface area (Å²) in [6.07, 6.45) is -0.698. The summed E-state index contributed by atoms with van der Waals surface area (Å²) in [6.45, 7) is 1.63. The maximum absolute atomic E-state index is 13.9. The van der Waals surface area contributed by atoms with Crippen molar-refractivity contribution in [1.82, 2.24) is 0 Å². The average molecular weight is 278 g/mol. The smallest absolute Gasteiger partial charge is 0.137 e. The molecule has 0 unspecified atom stereocenters. The van der Waals surface area contributed by atoms with Crippen molar-refractivity contribution in [3.63, 3.8) is 0 Å². The number of ether oxygens (including phenoxy) is 1. The molecule has 4 heteroatoms. The molecule has 0 bridgehead atoms. The van der Waals surface area contributed by atoms with Gasteiger partial charge in [0.15, 0.2) is 0 Å². The minimum atomic E-state index is -0.698. The lowest BCUT2D eigenvalue weighted by molar-refractivity contribution is 0.195. The fraction of sp³-hybridized carbons (Fsp3) is 0.200. The van der Waals surface area contributed by atoms with E-state index in [1.807, 2.05) is 24.3 Å². The molecule has 1 N–H and O–H groups in total. The first-order chi connectivity index (χ1) is 9.11. The van der Waals surface area contributed by atoms with Crippen LogP contribution < -0.4 is 4.74 Å². The summed E-state index contributed by atoms with van der Waals surface area (Å²) < 4.78 is 19.0. The Morgan fingerprint density at radius 2 is 1.84 bits per heavy atom. The Balaban J connectivity index is 2.31. The van der Waals surface area contributed by atoms with E-state index in [4.69, 9.17) is 4.74 Å². The molecule has 0 aromatic heterocycles. The van der Waals surface area contributed by atoms with Crippen LogP contribution >= 0.6 is 11.8 Å². The molecule has 0 saturated carbocycles. The van der Waals surface area contributed by atoms with E-state index in [1.54, 1.807) is 26.2 Å². The van der Waals surface area contributed by atoms with E-state index in [2.05, 4.69) is 0 Å². The monoisotopic (exact) mass is 278 g/mol. The predicted molar refractivity (Wildman–Crippen MR) is 74.2 cm³/mol. The Bertz CT molecular complexity index is 553. The van der Waals surface area contributed by atoms with E-state index in [-0.39, 0.29) is 5.82 Å². The quantitative estimate of drug-likeness (QED) is 0.915. The Kier molecular flexibility index (Phi) is 4.45. The molecule has 1 atom stereocenters. The van der Waals surface area contributed by atoms with Gasteiger partial charge in [0.2, 0.25) is 0 Å². The van der Waals surface area contributed by atoms with Crippen LogP contribution in [0, 0.1) is 5.82 Å². The van der Waals surface area contributed by atoms with Crippen molar-refractivity contribution in [3.05, 3.63) is 53.8 Å². The lowest BCUT2D eigenvalue weighted by Gasteiger charge is -2.12. The zero-order valence-corrected chi connectivity index (χ0v) is 11.6. The normalized spacial score (nSPS) is 12.2. The third-order valence-electron chi connectivity index (χ3n) is 2.73. The van der Waals surface area contributed by atoms with Crippen LogP contribution in [0.5, 0.6) is 5.75 Å². The predicted octanol–water partition coefficient (Wildman–Crippen LogP) is 4.04. The SMILES string of the molecule is COc1ccc(Sc2c(F)cccc2[C@@H](C)O)cc1. The molecule has 0 heterocycles. The molecular formula is C15H15FO2S. The van der Waals surface area contributed by atoms with Crippen molar-refractivity contribution in [2.75, 3.05) is 7.11 Å². The second-order valence-corrected chi connectivity index (χ2v) is 5.20. The highest BCUT2D eigenvalue weighted by Crippen LogP contribution is 2.35. The van der Waals surface area contributed by atoms with E-state index < -0.39 is 6.10 Å². The van der Waals surface area contributed by atoms with E-state index in [0.29, 0.717) is 10.5 Å². The number of aliphatic hydroxyl groups is 1. The minimum absolute atomic E-state index is 0.320. The van der Waals surface area contributed by atoms with Gasteiger partial charge in [0.1, 0.15) is 11.6 Å². The molecule has 0 amide bonds. The van der Waals surface area contributed by atoms with Crippen LogP contribution in [0.3, 0.4) is 0 Å². The van der Waals surface area contributed by atoms with Crippen LogP contribution in [-0.2, 0) is 0 Å². The van der Waals surface area contributed by atoms with E-state index in [0.717, 1.165) is 10.6 Å². The molecular weight excluding hydrogens is 263 g/mol. The second kappa shape index (κ2) is 6.08. The Hall–Kier alpha value is -1.52. The van der Waals surface area contributed by atoms with Crippen LogP contribution in [0.15, 0.2) is 52.3 Å². The van der Waals surface area contributed by atoms with Gasteiger partial charge in [-0.1, -0.05) is 23.9 Å². The number of hydrogen-bond donors (Lipinski definition) is 1. The highest BCUT2D eigenvalue weighted by atomic mass is 32.2. The number of hydrogen-bond acceptors (Lipinski definition) is 3. The summed E-state index contributed by atoms with van der Waals surface area (Å²) in [7, 11) is 1.60. The Labute approximate surface area is 116 Å². The molecule has 0 fully saturated rings. The van der Waals surface area contributed by atoms with E-state index in [1.165, 1.54) is 17.8 Å². The van der Waals surface area contributed by atoms with Gasteiger partial charge in [-0.2, -0.15) is 0 Å². The lowest BCUT2D eigenvalue weighted by Crippen LogP contribution is -1.96. The molecule has 0 aliphatic rings. The molecule has 2 aromatic rings. The average Bonchev–Trinajstić information content (AvgIpc) is 2.41. The molecule has 0 spiro atoms. The maximum Gasteiger partial charge on any atom is 0.137 e. The summed E-state index contributed by atoms with van der Waals surface area (Å²) in [4.78, 5) is 1.36. The first kappa shape index (κ1) is 13.9. The number of aliphatic hydroxyl groups excluding tert-OH is 1. The van der Waals surface area contributed by atoms with Crippen LogP contribution in [0.25, 0.3) is 0 Å². The summed E-state index contributed by atoms with van der Waals surface area (Å²) in [6, 6.07) is 12.1. The van der Waals surface area contributed by atoms with Crippen LogP contribution in [0.2, 0.25) is 0 Å². The van der Waals surface area contributed by atoms with Crippen LogP contribution in [0.4, 0.5) is 4.39 Å².